The molecule has 84 valence electrons. The van der Waals surface area contributed by atoms with Crippen molar-refractivity contribution in [2.45, 2.75) is 4.90 Å². The number of rotatable bonds is 2. The van der Waals surface area contributed by atoms with E-state index in [-0.39, 0.29) is 11.1 Å². The predicted molar refractivity (Wildman–Crippen MR) is 55.5 cm³/mol. The highest BCUT2D eigenvalue weighted by Crippen LogP contribution is 2.21. The molecular weight excluding hydrogens is 254 g/mol. The Balaban J connectivity index is 3.47. The summed E-state index contributed by atoms with van der Waals surface area (Å²) >= 11 is 0. The number of hydrogen-bond acceptors (Lipinski definition) is 5. The van der Waals surface area contributed by atoms with Gasteiger partial charge in [0.2, 0.25) is 0 Å². The second kappa shape index (κ2) is 4.51. The Hall–Kier alpha value is -1.58. The highest BCUT2D eigenvalue weighted by molar-refractivity contribution is 8.13. The number of carbonyl (C=O) groups is 1. The number of halogens is 1. The summed E-state index contributed by atoms with van der Waals surface area (Å²) < 4.78 is 26.7. The zero-order valence-corrected chi connectivity index (χ0v) is 9.67. The second-order valence-corrected chi connectivity index (χ2v) is 5.29. The van der Waals surface area contributed by atoms with Gasteiger partial charge in [-0.15, -0.1) is 0 Å². The third-order valence-corrected chi connectivity index (χ3v) is 3.15. The van der Waals surface area contributed by atoms with Gasteiger partial charge in [-0.25, -0.2) is 13.2 Å². The molecule has 0 saturated heterocycles. The van der Waals surface area contributed by atoms with Gasteiger partial charge in [0.05, 0.1) is 18.2 Å². The highest BCUT2D eigenvalue weighted by Gasteiger charge is 2.18. The lowest BCUT2D eigenvalue weighted by Crippen LogP contribution is -2.04. The molecule has 0 unspecified atom stereocenters. The number of esters is 1. The monoisotopic (exact) mass is 259 g/mol. The van der Waals surface area contributed by atoms with Crippen molar-refractivity contribution in [3.05, 3.63) is 29.3 Å². The second-order valence-electron chi connectivity index (χ2n) is 2.75. The molecule has 0 fully saturated rings. The van der Waals surface area contributed by atoms with E-state index in [1.165, 1.54) is 12.1 Å². The molecule has 0 N–H and O–H groups in total. The molecule has 0 atom stereocenters. The van der Waals surface area contributed by atoms with Gasteiger partial charge in [-0.1, -0.05) is 0 Å². The van der Waals surface area contributed by atoms with Crippen molar-refractivity contribution < 1.29 is 17.9 Å². The van der Waals surface area contributed by atoms with E-state index >= 15 is 0 Å². The Morgan fingerprint density at radius 2 is 2.12 bits per heavy atom. The van der Waals surface area contributed by atoms with Crippen LogP contribution in [-0.4, -0.2) is 21.5 Å². The molecule has 0 spiro atoms. The van der Waals surface area contributed by atoms with Crippen molar-refractivity contribution in [1.82, 2.24) is 0 Å². The summed E-state index contributed by atoms with van der Waals surface area (Å²) in [6.45, 7) is 0. The maximum atomic E-state index is 11.1. The summed E-state index contributed by atoms with van der Waals surface area (Å²) in [7, 11) is 2.23. The normalized spacial score (nSPS) is 10.6. The van der Waals surface area contributed by atoms with Crippen LogP contribution in [0.25, 0.3) is 0 Å². The number of hydrogen-bond donors (Lipinski definition) is 0. The van der Waals surface area contributed by atoms with Crippen LogP contribution in [0.5, 0.6) is 0 Å². The van der Waals surface area contributed by atoms with Gasteiger partial charge in [0.15, 0.2) is 0 Å². The van der Waals surface area contributed by atoms with E-state index in [4.69, 9.17) is 15.9 Å². The topological polar surface area (TPSA) is 84.2 Å². The van der Waals surface area contributed by atoms with Crippen molar-refractivity contribution in [2.75, 3.05) is 7.11 Å². The molecule has 0 aromatic heterocycles. The lowest BCUT2D eigenvalue weighted by Gasteiger charge is -2.03. The van der Waals surface area contributed by atoms with Gasteiger partial charge >= 0.3 is 5.97 Å². The largest absolute Gasteiger partial charge is 0.465 e. The first-order valence-corrected chi connectivity index (χ1v) is 6.28. The summed E-state index contributed by atoms with van der Waals surface area (Å²) in [5.74, 6) is -0.703. The molecular formula is C9H6ClNO4S. The number of methoxy groups -OCH3 is 1. The zero-order valence-electron chi connectivity index (χ0n) is 8.10. The van der Waals surface area contributed by atoms with E-state index in [1.54, 1.807) is 6.07 Å². The first kappa shape index (κ1) is 12.5. The Morgan fingerprint density at radius 3 is 2.56 bits per heavy atom. The van der Waals surface area contributed by atoms with E-state index in [1.807, 2.05) is 0 Å². The number of nitrogens with zero attached hydrogens (tertiary/aromatic N) is 1. The molecule has 0 aliphatic carbocycles. The van der Waals surface area contributed by atoms with Gasteiger partial charge in [0, 0.05) is 10.7 Å². The van der Waals surface area contributed by atoms with Crippen LogP contribution in [0.15, 0.2) is 23.1 Å². The van der Waals surface area contributed by atoms with Crippen LogP contribution in [0.2, 0.25) is 0 Å². The molecule has 5 nitrogen and oxygen atoms in total. The van der Waals surface area contributed by atoms with E-state index in [2.05, 4.69) is 4.74 Å². The predicted octanol–water partition coefficient (Wildman–Crippen LogP) is 1.27. The molecule has 0 aliphatic heterocycles. The molecule has 0 heterocycles. The van der Waals surface area contributed by atoms with E-state index in [0.717, 1.165) is 13.2 Å². The van der Waals surface area contributed by atoms with Crippen molar-refractivity contribution in [3.8, 4) is 6.07 Å². The van der Waals surface area contributed by atoms with Crippen LogP contribution >= 0.6 is 10.7 Å². The molecule has 0 saturated carbocycles. The number of ether oxygens (including phenoxy) is 1. The lowest BCUT2D eigenvalue weighted by atomic mass is 10.1. The number of carbonyl (C=O) groups excluding carboxylic acids is 1. The van der Waals surface area contributed by atoms with Crippen molar-refractivity contribution in [1.29, 1.82) is 5.26 Å². The average Bonchev–Trinajstić information content (AvgIpc) is 2.26. The maximum Gasteiger partial charge on any atom is 0.337 e. The third-order valence-electron chi connectivity index (χ3n) is 1.79. The van der Waals surface area contributed by atoms with Crippen molar-refractivity contribution >= 4 is 25.7 Å². The first-order chi connectivity index (χ1) is 7.40. The Labute approximate surface area is 96.6 Å². The Kier molecular flexibility index (Phi) is 3.52. The van der Waals surface area contributed by atoms with E-state index < -0.39 is 19.9 Å². The van der Waals surface area contributed by atoms with Crippen LogP contribution in [0.4, 0.5) is 0 Å². The first-order valence-electron chi connectivity index (χ1n) is 3.97. The van der Waals surface area contributed by atoms with Crippen LogP contribution in [0, 0.1) is 11.3 Å². The molecule has 7 heteroatoms. The maximum absolute atomic E-state index is 11.1. The fourth-order valence-electron chi connectivity index (χ4n) is 1.06. The molecule has 16 heavy (non-hydrogen) atoms. The van der Waals surface area contributed by atoms with Gasteiger partial charge in [-0.3, -0.25) is 0 Å². The fourth-order valence-corrected chi connectivity index (χ4v) is 2.09. The minimum absolute atomic E-state index is 0.0146. The number of benzene rings is 1. The summed E-state index contributed by atoms with van der Waals surface area (Å²) in [5, 5.41) is 8.68. The molecule has 1 aromatic rings. The Bertz CT molecular complexity index is 574. The van der Waals surface area contributed by atoms with Crippen molar-refractivity contribution in [3.63, 3.8) is 0 Å². The molecule has 0 amide bonds. The highest BCUT2D eigenvalue weighted by atomic mass is 35.7. The lowest BCUT2D eigenvalue weighted by molar-refractivity contribution is 0.0600. The Morgan fingerprint density at radius 1 is 1.50 bits per heavy atom. The molecule has 0 bridgehead atoms. The summed E-state index contributed by atoms with van der Waals surface area (Å²) in [5.41, 5.74) is -0.108. The standard InChI is InChI=1S/C9H6ClNO4S/c1-15-9(12)6-2-3-7(5-11)8(4-6)16(10,13)14/h2-4H,1H3. The molecule has 0 aliphatic rings. The molecule has 1 aromatic carbocycles. The summed E-state index contributed by atoms with van der Waals surface area (Å²) in [6, 6.07) is 5.16. The quantitative estimate of drug-likeness (QED) is 0.590. The third kappa shape index (κ3) is 2.51. The average molecular weight is 260 g/mol. The zero-order chi connectivity index (χ0) is 12.3. The van der Waals surface area contributed by atoms with Crippen molar-refractivity contribution in [2.24, 2.45) is 0 Å². The minimum atomic E-state index is -4.07. The van der Waals surface area contributed by atoms with Gasteiger partial charge in [0.25, 0.3) is 9.05 Å². The van der Waals surface area contributed by atoms with Crippen LogP contribution in [0.3, 0.4) is 0 Å². The SMILES string of the molecule is COC(=O)c1ccc(C#N)c(S(=O)(=O)Cl)c1. The molecule has 0 radical (unpaired) electrons. The van der Waals surface area contributed by atoms with E-state index in [0.29, 0.717) is 0 Å². The summed E-state index contributed by atoms with van der Waals surface area (Å²) in [6.07, 6.45) is 0. The van der Waals surface area contributed by atoms with Gasteiger partial charge in [0.1, 0.15) is 11.0 Å². The van der Waals surface area contributed by atoms with Crippen LogP contribution in [0.1, 0.15) is 15.9 Å². The smallest absolute Gasteiger partial charge is 0.337 e. The fraction of sp³-hybridized carbons (Fsp3) is 0.111. The van der Waals surface area contributed by atoms with Gasteiger partial charge in [-0.2, -0.15) is 5.26 Å². The molecule has 1 rings (SSSR count). The summed E-state index contributed by atoms with van der Waals surface area (Å²) in [4.78, 5) is 10.7. The van der Waals surface area contributed by atoms with Gasteiger partial charge < -0.3 is 4.74 Å². The van der Waals surface area contributed by atoms with Crippen LogP contribution in [-0.2, 0) is 13.8 Å². The van der Waals surface area contributed by atoms with Gasteiger partial charge in [-0.05, 0) is 18.2 Å². The van der Waals surface area contributed by atoms with Crippen LogP contribution < -0.4 is 0 Å². The van der Waals surface area contributed by atoms with E-state index in [9.17, 15) is 13.2 Å². The number of nitriles is 1. The minimum Gasteiger partial charge on any atom is -0.465 e.